The maximum Gasteiger partial charge on any atom is 0.244 e. The van der Waals surface area contributed by atoms with Crippen LogP contribution in [-0.2, 0) is 4.79 Å². The molecule has 4 heteroatoms. The quantitative estimate of drug-likeness (QED) is 0.828. The number of rotatable bonds is 6. The molecule has 1 heterocycles. The van der Waals surface area contributed by atoms with Crippen LogP contribution in [0.2, 0.25) is 0 Å². The summed E-state index contributed by atoms with van der Waals surface area (Å²) in [6.07, 6.45) is 3.47. The number of benzene rings is 1. The molecule has 0 aliphatic heterocycles. The number of aryl methyl sites for hydroxylation is 1. The highest BCUT2D eigenvalue weighted by molar-refractivity contribution is 7.12. The first-order chi connectivity index (χ1) is 10.5. The second kappa shape index (κ2) is 7.92. The number of nitrogens with one attached hydrogen (secondary N) is 1. The molecule has 0 aliphatic carbocycles. The van der Waals surface area contributed by atoms with Crippen molar-refractivity contribution in [3.8, 4) is 0 Å². The van der Waals surface area contributed by atoms with Crippen molar-refractivity contribution in [2.24, 2.45) is 0 Å². The number of carbonyl (C=O) groups is 1. The molecule has 116 valence electrons. The second-order valence-electron chi connectivity index (χ2n) is 5.52. The van der Waals surface area contributed by atoms with E-state index in [4.69, 9.17) is 0 Å². The lowest BCUT2D eigenvalue weighted by Gasteiger charge is -2.22. The molecular weight excluding hydrogens is 292 g/mol. The molecular formula is C18H22N2OS. The smallest absolute Gasteiger partial charge is 0.244 e. The minimum absolute atomic E-state index is 0.0154. The van der Waals surface area contributed by atoms with E-state index in [1.807, 2.05) is 56.6 Å². The third kappa shape index (κ3) is 5.13. The van der Waals surface area contributed by atoms with Gasteiger partial charge in [0, 0.05) is 22.4 Å². The van der Waals surface area contributed by atoms with Gasteiger partial charge in [0.15, 0.2) is 0 Å². The van der Waals surface area contributed by atoms with Crippen molar-refractivity contribution in [1.82, 2.24) is 10.2 Å². The highest BCUT2D eigenvalue weighted by atomic mass is 32.1. The number of hydrogen-bond donors (Lipinski definition) is 1. The van der Waals surface area contributed by atoms with Crippen LogP contribution in [0, 0.1) is 6.92 Å². The van der Waals surface area contributed by atoms with Gasteiger partial charge in [-0.05, 0) is 44.8 Å². The summed E-state index contributed by atoms with van der Waals surface area (Å²) in [5.74, 6) is -0.0678. The lowest BCUT2D eigenvalue weighted by Crippen LogP contribution is -2.34. The molecule has 1 aromatic carbocycles. The van der Waals surface area contributed by atoms with Crippen LogP contribution in [0.3, 0.4) is 0 Å². The Morgan fingerprint density at radius 3 is 2.55 bits per heavy atom. The first-order valence-electron chi connectivity index (χ1n) is 7.29. The van der Waals surface area contributed by atoms with Gasteiger partial charge in [-0.3, -0.25) is 4.79 Å². The first kappa shape index (κ1) is 16.5. The predicted molar refractivity (Wildman–Crippen MR) is 94.0 cm³/mol. The van der Waals surface area contributed by atoms with E-state index >= 15 is 0 Å². The average molecular weight is 314 g/mol. The van der Waals surface area contributed by atoms with Crippen LogP contribution in [0.4, 0.5) is 0 Å². The molecule has 0 unspecified atom stereocenters. The van der Waals surface area contributed by atoms with Crippen molar-refractivity contribution in [2.45, 2.75) is 13.0 Å². The number of carbonyl (C=O) groups excluding carboxylic acids is 1. The zero-order chi connectivity index (χ0) is 15.9. The monoisotopic (exact) mass is 314 g/mol. The van der Waals surface area contributed by atoms with E-state index in [1.54, 1.807) is 17.4 Å². The summed E-state index contributed by atoms with van der Waals surface area (Å²) in [5, 5.41) is 3.08. The second-order valence-corrected chi connectivity index (χ2v) is 6.84. The van der Waals surface area contributed by atoms with E-state index in [0.29, 0.717) is 0 Å². The van der Waals surface area contributed by atoms with Crippen molar-refractivity contribution in [3.05, 3.63) is 63.9 Å². The number of nitrogens with zero attached hydrogens (tertiary/aromatic N) is 1. The molecule has 1 atom stereocenters. The van der Waals surface area contributed by atoms with Crippen LogP contribution in [0.1, 0.15) is 21.4 Å². The van der Waals surface area contributed by atoms with Gasteiger partial charge in [-0.15, -0.1) is 11.3 Å². The molecule has 2 aromatic rings. The fraction of sp³-hybridized carbons (Fsp3) is 0.278. The minimum atomic E-state index is -0.0678. The number of thiophene rings is 1. The molecule has 2 rings (SSSR count). The van der Waals surface area contributed by atoms with Crippen LogP contribution < -0.4 is 5.32 Å². The van der Waals surface area contributed by atoms with Gasteiger partial charge in [-0.1, -0.05) is 30.3 Å². The standard InChI is InChI=1S/C18H22N2OS/c1-14-9-10-16(22-14)11-12-18(21)19-17(13-20(2)3)15-7-5-4-6-8-15/h4-12,17H,13H2,1-3H3,(H,19,21)/b12-11+/t17-/m1/s1. The van der Waals surface area contributed by atoms with Crippen molar-refractivity contribution in [3.63, 3.8) is 0 Å². The van der Waals surface area contributed by atoms with Crippen LogP contribution in [0.25, 0.3) is 6.08 Å². The van der Waals surface area contributed by atoms with Crippen molar-refractivity contribution < 1.29 is 4.79 Å². The van der Waals surface area contributed by atoms with Crippen LogP contribution in [-0.4, -0.2) is 31.4 Å². The summed E-state index contributed by atoms with van der Waals surface area (Å²) >= 11 is 1.68. The topological polar surface area (TPSA) is 32.3 Å². The van der Waals surface area contributed by atoms with E-state index in [0.717, 1.165) is 17.0 Å². The molecule has 1 amide bonds. The number of likely N-dealkylation sites (N-methyl/N-ethyl adjacent to an activating group) is 1. The Bertz CT molecular complexity index is 632. The van der Waals surface area contributed by atoms with Crippen molar-refractivity contribution >= 4 is 23.3 Å². The van der Waals surface area contributed by atoms with Gasteiger partial charge in [-0.2, -0.15) is 0 Å². The fourth-order valence-electron chi connectivity index (χ4n) is 2.21. The summed E-state index contributed by atoms with van der Waals surface area (Å²) in [5.41, 5.74) is 1.12. The maximum atomic E-state index is 12.2. The third-order valence-corrected chi connectivity index (χ3v) is 4.19. The summed E-state index contributed by atoms with van der Waals surface area (Å²) in [6.45, 7) is 2.83. The molecule has 22 heavy (non-hydrogen) atoms. The summed E-state index contributed by atoms with van der Waals surface area (Å²) in [7, 11) is 4.01. The number of hydrogen-bond acceptors (Lipinski definition) is 3. The molecule has 0 saturated heterocycles. The Balaban J connectivity index is 2.03. The highest BCUT2D eigenvalue weighted by Crippen LogP contribution is 2.17. The van der Waals surface area contributed by atoms with E-state index in [1.165, 1.54) is 4.88 Å². The molecule has 0 aliphatic rings. The zero-order valence-corrected chi connectivity index (χ0v) is 14.1. The summed E-state index contributed by atoms with van der Waals surface area (Å²) in [4.78, 5) is 16.6. The zero-order valence-electron chi connectivity index (χ0n) is 13.2. The third-order valence-electron chi connectivity index (χ3n) is 3.23. The fourth-order valence-corrected chi connectivity index (χ4v) is 2.99. The maximum absolute atomic E-state index is 12.2. The molecule has 0 spiro atoms. The van der Waals surface area contributed by atoms with Gasteiger partial charge < -0.3 is 10.2 Å². The Morgan fingerprint density at radius 2 is 1.95 bits per heavy atom. The molecule has 1 N–H and O–H groups in total. The molecule has 0 fully saturated rings. The lowest BCUT2D eigenvalue weighted by atomic mass is 10.1. The van der Waals surface area contributed by atoms with Crippen LogP contribution >= 0.6 is 11.3 Å². The lowest BCUT2D eigenvalue weighted by molar-refractivity contribution is -0.117. The van der Waals surface area contributed by atoms with E-state index < -0.39 is 0 Å². The molecule has 0 saturated carbocycles. The SMILES string of the molecule is Cc1ccc(/C=C/C(=O)N[C@H](CN(C)C)c2ccccc2)s1. The minimum Gasteiger partial charge on any atom is -0.344 e. The van der Waals surface area contributed by atoms with Crippen molar-refractivity contribution in [1.29, 1.82) is 0 Å². The molecule has 0 bridgehead atoms. The van der Waals surface area contributed by atoms with Crippen LogP contribution in [0.5, 0.6) is 0 Å². The van der Waals surface area contributed by atoms with Gasteiger partial charge in [-0.25, -0.2) is 0 Å². The van der Waals surface area contributed by atoms with E-state index in [-0.39, 0.29) is 11.9 Å². The highest BCUT2D eigenvalue weighted by Gasteiger charge is 2.13. The number of amides is 1. The van der Waals surface area contributed by atoms with Crippen LogP contribution in [0.15, 0.2) is 48.5 Å². The molecule has 0 radical (unpaired) electrons. The van der Waals surface area contributed by atoms with E-state index in [2.05, 4.69) is 23.2 Å². The van der Waals surface area contributed by atoms with Gasteiger partial charge in [0.25, 0.3) is 0 Å². The molecule has 3 nitrogen and oxygen atoms in total. The van der Waals surface area contributed by atoms with E-state index in [9.17, 15) is 4.79 Å². The Kier molecular flexibility index (Phi) is 5.92. The van der Waals surface area contributed by atoms with Gasteiger partial charge in [0.2, 0.25) is 5.91 Å². The van der Waals surface area contributed by atoms with Crippen molar-refractivity contribution in [2.75, 3.05) is 20.6 Å². The Hall–Kier alpha value is -1.91. The van der Waals surface area contributed by atoms with Gasteiger partial charge in [0.1, 0.15) is 0 Å². The first-order valence-corrected chi connectivity index (χ1v) is 8.11. The Morgan fingerprint density at radius 1 is 1.23 bits per heavy atom. The average Bonchev–Trinajstić information content (AvgIpc) is 2.91. The summed E-state index contributed by atoms with van der Waals surface area (Å²) < 4.78 is 0. The largest absolute Gasteiger partial charge is 0.344 e. The predicted octanol–water partition coefficient (Wildman–Crippen LogP) is 3.49. The summed E-state index contributed by atoms with van der Waals surface area (Å²) in [6, 6.07) is 14.1. The van der Waals surface area contributed by atoms with Gasteiger partial charge in [0.05, 0.1) is 6.04 Å². The van der Waals surface area contributed by atoms with Gasteiger partial charge >= 0.3 is 0 Å². The Labute approximate surface area is 136 Å². The normalized spacial score (nSPS) is 12.7. The molecule has 1 aromatic heterocycles.